The highest BCUT2D eigenvalue weighted by Gasteiger charge is 2.24. The lowest BCUT2D eigenvalue weighted by Gasteiger charge is -2.27. The van der Waals surface area contributed by atoms with Gasteiger partial charge in [0.1, 0.15) is 0 Å². The van der Waals surface area contributed by atoms with Crippen LogP contribution in [0.4, 0.5) is 11.4 Å². The van der Waals surface area contributed by atoms with E-state index in [9.17, 15) is 9.59 Å². The minimum atomic E-state index is -0.243. The third kappa shape index (κ3) is 3.15. The lowest BCUT2D eigenvalue weighted by atomic mass is 10.1. The molecule has 0 atom stereocenters. The first-order valence-corrected chi connectivity index (χ1v) is 7.63. The van der Waals surface area contributed by atoms with E-state index in [2.05, 4.69) is 5.32 Å². The first-order valence-electron chi connectivity index (χ1n) is 7.63. The smallest absolute Gasteiger partial charge is 0.264 e. The van der Waals surface area contributed by atoms with Crippen LogP contribution in [0.15, 0.2) is 54.6 Å². The van der Waals surface area contributed by atoms with Crippen molar-refractivity contribution < 1.29 is 14.3 Å². The monoisotopic (exact) mass is 322 g/mol. The molecule has 0 bridgehead atoms. The summed E-state index contributed by atoms with van der Waals surface area (Å²) in [5.41, 5.74) is 3.05. The van der Waals surface area contributed by atoms with E-state index >= 15 is 0 Å². The standard InChI is InChI=1S/C19H18N2O3/c1-13(14-7-4-3-5-8-14)11-17(22)20-15-9-6-10-16-19(15)24-12-18(23)21(16)2/h3-11H,12H2,1-2H3,(H,20,22)/b13-11+. The average Bonchev–Trinajstić information content (AvgIpc) is 2.59. The molecular weight excluding hydrogens is 304 g/mol. The molecule has 5 heteroatoms. The van der Waals surface area contributed by atoms with Crippen LogP contribution in [0.2, 0.25) is 0 Å². The van der Waals surface area contributed by atoms with Crippen LogP contribution in [0.25, 0.3) is 5.57 Å². The van der Waals surface area contributed by atoms with Crippen molar-refractivity contribution >= 4 is 28.8 Å². The molecule has 1 N–H and O–H groups in total. The number of fused-ring (bicyclic) bond motifs is 1. The highest BCUT2D eigenvalue weighted by molar-refractivity contribution is 6.06. The van der Waals surface area contributed by atoms with E-state index in [4.69, 9.17) is 4.74 Å². The molecule has 1 heterocycles. The number of carbonyl (C=O) groups excluding carboxylic acids is 2. The molecule has 122 valence electrons. The van der Waals surface area contributed by atoms with Crippen LogP contribution in [0.1, 0.15) is 12.5 Å². The minimum absolute atomic E-state index is 0.0325. The number of benzene rings is 2. The second-order valence-corrected chi connectivity index (χ2v) is 5.58. The predicted octanol–water partition coefficient (Wildman–Crippen LogP) is 3.08. The van der Waals surface area contributed by atoms with Gasteiger partial charge in [0.25, 0.3) is 5.91 Å². The Morgan fingerprint density at radius 3 is 2.67 bits per heavy atom. The van der Waals surface area contributed by atoms with Crippen LogP contribution in [-0.4, -0.2) is 25.5 Å². The molecule has 0 saturated carbocycles. The summed E-state index contributed by atoms with van der Waals surface area (Å²) in [5, 5.41) is 2.83. The summed E-state index contributed by atoms with van der Waals surface area (Å²) < 4.78 is 5.50. The third-order valence-electron chi connectivity index (χ3n) is 3.90. The second-order valence-electron chi connectivity index (χ2n) is 5.58. The van der Waals surface area contributed by atoms with Gasteiger partial charge in [0.05, 0.1) is 11.4 Å². The van der Waals surface area contributed by atoms with Crippen molar-refractivity contribution in [2.45, 2.75) is 6.92 Å². The van der Waals surface area contributed by atoms with Gasteiger partial charge in [-0.1, -0.05) is 36.4 Å². The maximum absolute atomic E-state index is 12.3. The molecule has 1 aliphatic heterocycles. The molecule has 0 fully saturated rings. The van der Waals surface area contributed by atoms with Crippen molar-refractivity contribution in [1.29, 1.82) is 0 Å². The number of allylic oxidation sites excluding steroid dienone is 1. The Kier molecular flexibility index (Phi) is 4.33. The lowest BCUT2D eigenvalue weighted by Crippen LogP contribution is -2.35. The fraction of sp³-hybridized carbons (Fsp3) is 0.158. The van der Waals surface area contributed by atoms with Gasteiger partial charge in [-0.25, -0.2) is 0 Å². The Bertz CT molecular complexity index is 813. The van der Waals surface area contributed by atoms with Crippen molar-refractivity contribution in [1.82, 2.24) is 0 Å². The molecule has 0 saturated heterocycles. The maximum Gasteiger partial charge on any atom is 0.264 e. The highest BCUT2D eigenvalue weighted by Crippen LogP contribution is 2.37. The molecule has 2 amide bonds. The van der Waals surface area contributed by atoms with E-state index in [1.165, 1.54) is 4.90 Å². The first-order chi connectivity index (χ1) is 11.6. The third-order valence-corrected chi connectivity index (χ3v) is 3.90. The van der Waals surface area contributed by atoms with Gasteiger partial charge >= 0.3 is 0 Å². The molecule has 0 unspecified atom stereocenters. The number of likely N-dealkylation sites (N-methyl/N-ethyl adjacent to an activating group) is 1. The number of carbonyl (C=O) groups is 2. The fourth-order valence-electron chi connectivity index (χ4n) is 2.55. The summed E-state index contributed by atoms with van der Waals surface area (Å²) in [4.78, 5) is 25.5. The summed E-state index contributed by atoms with van der Waals surface area (Å²) in [5.74, 6) is 0.150. The summed E-state index contributed by atoms with van der Waals surface area (Å²) >= 11 is 0. The predicted molar refractivity (Wildman–Crippen MR) is 94.1 cm³/mol. The van der Waals surface area contributed by atoms with E-state index in [0.29, 0.717) is 17.1 Å². The summed E-state index contributed by atoms with van der Waals surface area (Å²) in [6, 6.07) is 15.0. The van der Waals surface area contributed by atoms with Crippen molar-refractivity contribution in [3.63, 3.8) is 0 Å². The number of nitrogens with one attached hydrogen (secondary N) is 1. The molecule has 0 spiro atoms. The summed E-state index contributed by atoms with van der Waals surface area (Å²) in [7, 11) is 1.69. The topological polar surface area (TPSA) is 58.6 Å². The zero-order valence-electron chi connectivity index (χ0n) is 13.6. The number of rotatable bonds is 3. The lowest BCUT2D eigenvalue weighted by molar-refractivity contribution is -0.120. The molecule has 1 aliphatic rings. The fourth-order valence-corrected chi connectivity index (χ4v) is 2.55. The minimum Gasteiger partial charge on any atom is -0.479 e. The molecule has 0 radical (unpaired) electrons. The van der Waals surface area contributed by atoms with Crippen molar-refractivity contribution in [3.8, 4) is 5.75 Å². The second kappa shape index (κ2) is 6.58. The highest BCUT2D eigenvalue weighted by atomic mass is 16.5. The van der Waals surface area contributed by atoms with Crippen molar-refractivity contribution in [3.05, 3.63) is 60.2 Å². The van der Waals surface area contributed by atoms with Gasteiger partial charge in [-0.3, -0.25) is 9.59 Å². The summed E-state index contributed by atoms with van der Waals surface area (Å²) in [6.45, 7) is 1.85. The summed E-state index contributed by atoms with van der Waals surface area (Å²) in [6.07, 6.45) is 1.55. The molecule has 2 aromatic carbocycles. The Labute approximate surface area is 140 Å². The van der Waals surface area contributed by atoms with E-state index < -0.39 is 0 Å². The van der Waals surface area contributed by atoms with Crippen LogP contribution in [0, 0.1) is 0 Å². The van der Waals surface area contributed by atoms with Crippen LogP contribution >= 0.6 is 0 Å². The van der Waals surface area contributed by atoms with E-state index in [0.717, 1.165) is 11.1 Å². The van der Waals surface area contributed by atoms with Crippen molar-refractivity contribution in [2.75, 3.05) is 23.9 Å². The van der Waals surface area contributed by atoms with Gasteiger partial charge in [0.2, 0.25) is 5.91 Å². The normalized spacial score (nSPS) is 14.0. The Morgan fingerprint density at radius 1 is 1.17 bits per heavy atom. The Morgan fingerprint density at radius 2 is 1.92 bits per heavy atom. The number of ether oxygens (including phenoxy) is 1. The van der Waals surface area contributed by atoms with E-state index in [1.54, 1.807) is 31.3 Å². The zero-order valence-corrected chi connectivity index (χ0v) is 13.6. The molecular formula is C19H18N2O3. The number of nitrogens with zero attached hydrogens (tertiary/aromatic N) is 1. The van der Waals surface area contributed by atoms with Crippen LogP contribution in [0.5, 0.6) is 5.75 Å². The number of para-hydroxylation sites is 1. The maximum atomic E-state index is 12.3. The molecule has 3 rings (SSSR count). The number of anilines is 2. The number of hydrogen-bond donors (Lipinski definition) is 1. The molecule has 5 nitrogen and oxygen atoms in total. The Hall–Kier alpha value is -3.08. The van der Waals surface area contributed by atoms with Crippen molar-refractivity contribution in [2.24, 2.45) is 0 Å². The van der Waals surface area contributed by atoms with E-state index in [1.807, 2.05) is 37.3 Å². The van der Waals surface area contributed by atoms with Crippen LogP contribution < -0.4 is 15.0 Å². The van der Waals surface area contributed by atoms with Gasteiger partial charge in [-0.15, -0.1) is 0 Å². The van der Waals surface area contributed by atoms with Gasteiger partial charge < -0.3 is 15.0 Å². The molecule has 0 aromatic heterocycles. The van der Waals surface area contributed by atoms with E-state index in [-0.39, 0.29) is 18.4 Å². The van der Waals surface area contributed by atoms with Crippen LogP contribution in [-0.2, 0) is 9.59 Å². The van der Waals surface area contributed by atoms with Gasteiger partial charge in [0.15, 0.2) is 12.4 Å². The first kappa shape index (κ1) is 15.8. The van der Waals surface area contributed by atoms with Gasteiger partial charge in [0, 0.05) is 13.1 Å². The SMILES string of the molecule is C/C(=C\C(=O)Nc1cccc2c1OCC(=O)N2C)c1ccccc1. The Balaban J connectivity index is 1.82. The zero-order chi connectivity index (χ0) is 17.1. The quantitative estimate of drug-likeness (QED) is 0.884. The molecule has 24 heavy (non-hydrogen) atoms. The number of amides is 2. The average molecular weight is 322 g/mol. The molecule has 2 aromatic rings. The molecule has 0 aliphatic carbocycles. The van der Waals surface area contributed by atoms with Gasteiger partial charge in [-0.05, 0) is 30.2 Å². The van der Waals surface area contributed by atoms with Gasteiger partial charge in [-0.2, -0.15) is 0 Å². The number of hydrogen-bond acceptors (Lipinski definition) is 3. The van der Waals surface area contributed by atoms with Crippen LogP contribution in [0.3, 0.4) is 0 Å². The largest absolute Gasteiger partial charge is 0.479 e.